The van der Waals surface area contributed by atoms with Crippen LogP contribution in [0.5, 0.6) is 0 Å². The summed E-state index contributed by atoms with van der Waals surface area (Å²) >= 11 is 0. The molecule has 1 N–H and O–H groups in total. The number of furan rings is 2. The van der Waals surface area contributed by atoms with Crippen LogP contribution in [0.3, 0.4) is 0 Å². The van der Waals surface area contributed by atoms with Crippen molar-refractivity contribution in [2.45, 2.75) is 32.4 Å². The third-order valence-corrected chi connectivity index (χ3v) is 2.98. The zero-order valence-electron chi connectivity index (χ0n) is 11.3. The SMILES string of the molecule is CCC(NCCCOCc1ccco1)c1ccco1. The number of hydrogen-bond donors (Lipinski definition) is 1. The van der Waals surface area contributed by atoms with Crippen molar-refractivity contribution in [1.82, 2.24) is 5.32 Å². The number of rotatable bonds is 9. The van der Waals surface area contributed by atoms with Crippen molar-refractivity contribution in [1.29, 1.82) is 0 Å². The van der Waals surface area contributed by atoms with Gasteiger partial charge in [0.2, 0.25) is 0 Å². The summed E-state index contributed by atoms with van der Waals surface area (Å²) in [4.78, 5) is 0. The highest BCUT2D eigenvalue weighted by molar-refractivity contribution is 5.03. The predicted octanol–water partition coefficient (Wildman–Crippen LogP) is 3.52. The van der Waals surface area contributed by atoms with Gasteiger partial charge in [-0.05, 0) is 43.7 Å². The van der Waals surface area contributed by atoms with E-state index in [2.05, 4.69) is 12.2 Å². The molecular formula is C15H21NO3. The van der Waals surface area contributed by atoms with E-state index in [0.717, 1.165) is 37.5 Å². The van der Waals surface area contributed by atoms with Gasteiger partial charge in [0.05, 0.1) is 18.6 Å². The van der Waals surface area contributed by atoms with Gasteiger partial charge in [0, 0.05) is 6.61 Å². The Morgan fingerprint density at radius 3 is 2.74 bits per heavy atom. The molecule has 2 rings (SSSR count). The first kappa shape index (κ1) is 13.9. The maximum atomic E-state index is 5.53. The summed E-state index contributed by atoms with van der Waals surface area (Å²) < 4.78 is 16.1. The zero-order chi connectivity index (χ0) is 13.3. The summed E-state index contributed by atoms with van der Waals surface area (Å²) in [6.45, 7) is 4.33. The van der Waals surface area contributed by atoms with Gasteiger partial charge in [0.15, 0.2) is 0 Å². The Balaban J connectivity index is 1.56. The van der Waals surface area contributed by atoms with Crippen LogP contribution in [0, 0.1) is 0 Å². The lowest BCUT2D eigenvalue weighted by Gasteiger charge is -2.14. The molecule has 2 heterocycles. The summed E-state index contributed by atoms with van der Waals surface area (Å²) in [6, 6.07) is 8.01. The fourth-order valence-electron chi connectivity index (χ4n) is 1.95. The lowest BCUT2D eigenvalue weighted by Crippen LogP contribution is -2.22. The monoisotopic (exact) mass is 263 g/mol. The fraction of sp³-hybridized carbons (Fsp3) is 0.467. The minimum Gasteiger partial charge on any atom is -0.468 e. The summed E-state index contributed by atoms with van der Waals surface area (Å²) in [5.74, 6) is 1.87. The number of nitrogens with one attached hydrogen (secondary N) is 1. The Labute approximate surface area is 113 Å². The van der Waals surface area contributed by atoms with Crippen molar-refractivity contribution in [3.05, 3.63) is 48.3 Å². The Hall–Kier alpha value is -1.52. The highest BCUT2D eigenvalue weighted by Gasteiger charge is 2.10. The van der Waals surface area contributed by atoms with Crippen molar-refractivity contribution in [2.24, 2.45) is 0 Å². The van der Waals surface area contributed by atoms with Crippen LogP contribution in [0.4, 0.5) is 0 Å². The molecule has 0 aliphatic carbocycles. The summed E-state index contributed by atoms with van der Waals surface area (Å²) in [6.07, 6.45) is 5.36. The van der Waals surface area contributed by atoms with Crippen LogP contribution < -0.4 is 5.32 Å². The van der Waals surface area contributed by atoms with Crippen LogP contribution in [0.25, 0.3) is 0 Å². The molecule has 0 radical (unpaired) electrons. The van der Waals surface area contributed by atoms with Crippen LogP contribution >= 0.6 is 0 Å². The average molecular weight is 263 g/mol. The van der Waals surface area contributed by atoms with Crippen LogP contribution in [0.15, 0.2) is 45.6 Å². The first-order chi connectivity index (χ1) is 9.40. The van der Waals surface area contributed by atoms with Gasteiger partial charge in [0.25, 0.3) is 0 Å². The number of ether oxygens (including phenoxy) is 1. The molecule has 1 atom stereocenters. The van der Waals surface area contributed by atoms with Gasteiger partial charge in [-0.3, -0.25) is 0 Å². The quantitative estimate of drug-likeness (QED) is 0.703. The van der Waals surface area contributed by atoms with Gasteiger partial charge in [0.1, 0.15) is 18.1 Å². The van der Waals surface area contributed by atoms with Crippen LogP contribution in [-0.4, -0.2) is 13.2 Å². The maximum Gasteiger partial charge on any atom is 0.129 e. The molecule has 1 unspecified atom stereocenters. The van der Waals surface area contributed by atoms with Gasteiger partial charge in [-0.25, -0.2) is 0 Å². The standard InChI is InChI=1S/C15H21NO3/c1-2-14(15-7-4-11-19-15)16-8-5-9-17-12-13-6-3-10-18-13/h3-4,6-7,10-11,14,16H,2,5,8-9,12H2,1H3. The van der Waals surface area contributed by atoms with Gasteiger partial charge >= 0.3 is 0 Å². The van der Waals surface area contributed by atoms with E-state index in [4.69, 9.17) is 13.6 Å². The molecule has 0 spiro atoms. The zero-order valence-corrected chi connectivity index (χ0v) is 11.3. The summed E-state index contributed by atoms with van der Waals surface area (Å²) in [7, 11) is 0. The van der Waals surface area contributed by atoms with Gasteiger partial charge < -0.3 is 18.9 Å². The van der Waals surface area contributed by atoms with Gasteiger partial charge in [-0.1, -0.05) is 6.92 Å². The normalized spacial score (nSPS) is 12.7. The molecule has 19 heavy (non-hydrogen) atoms. The molecule has 0 aliphatic heterocycles. The van der Waals surface area contributed by atoms with E-state index in [1.807, 2.05) is 24.3 Å². The van der Waals surface area contributed by atoms with Gasteiger partial charge in [-0.15, -0.1) is 0 Å². The van der Waals surface area contributed by atoms with E-state index < -0.39 is 0 Å². The minimum atomic E-state index is 0.292. The van der Waals surface area contributed by atoms with Crippen molar-refractivity contribution in [3.63, 3.8) is 0 Å². The van der Waals surface area contributed by atoms with E-state index in [0.29, 0.717) is 12.6 Å². The molecule has 4 nitrogen and oxygen atoms in total. The Kier molecular flexibility index (Phi) is 5.72. The highest BCUT2D eigenvalue weighted by atomic mass is 16.5. The number of hydrogen-bond acceptors (Lipinski definition) is 4. The van der Waals surface area contributed by atoms with E-state index in [1.54, 1.807) is 12.5 Å². The molecule has 2 aromatic rings. The van der Waals surface area contributed by atoms with Crippen LogP contribution in [-0.2, 0) is 11.3 Å². The first-order valence-corrected chi connectivity index (χ1v) is 6.77. The molecule has 0 saturated carbocycles. The van der Waals surface area contributed by atoms with Crippen molar-refractivity contribution < 1.29 is 13.6 Å². The molecule has 4 heteroatoms. The van der Waals surface area contributed by atoms with E-state index in [1.165, 1.54) is 0 Å². The highest BCUT2D eigenvalue weighted by Crippen LogP contribution is 2.16. The second-order valence-electron chi connectivity index (χ2n) is 4.42. The third kappa shape index (κ3) is 4.58. The van der Waals surface area contributed by atoms with Crippen molar-refractivity contribution in [2.75, 3.05) is 13.2 Å². The maximum absolute atomic E-state index is 5.53. The lowest BCUT2D eigenvalue weighted by atomic mass is 10.1. The van der Waals surface area contributed by atoms with E-state index in [9.17, 15) is 0 Å². The van der Waals surface area contributed by atoms with E-state index in [-0.39, 0.29) is 0 Å². The van der Waals surface area contributed by atoms with E-state index >= 15 is 0 Å². The molecule has 0 aliphatic rings. The molecule has 0 fully saturated rings. The largest absolute Gasteiger partial charge is 0.468 e. The molecule has 0 amide bonds. The molecule has 0 saturated heterocycles. The Morgan fingerprint density at radius 2 is 2.05 bits per heavy atom. The van der Waals surface area contributed by atoms with Crippen molar-refractivity contribution in [3.8, 4) is 0 Å². The third-order valence-electron chi connectivity index (χ3n) is 2.98. The minimum absolute atomic E-state index is 0.292. The van der Waals surface area contributed by atoms with Crippen LogP contribution in [0.1, 0.15) is 37.3 Å². The lowest BCUT2D eigenvalue weighted by molar-refractivity contribution is 0.103. The molecule has 0 aromatic carbocycles. The molecule has 0 bridgehead atoms. The van der Waals surface area contributed by atoms with Gasteiger partial charge in [-0.2, -0.15) is 0 Å². The fourth-order valence-corrected chi connectivity index (χ4v) is 1.95. The Morgan fingerprint density at radius 1 is 1.21 bits per heavy atom. The topological polar surface area (TPSA) is 47.5 Å². The molecule has 2 aromatic heterocycles. The predicted molar refractivity (Wildman–Crippen MR) is 72.7 cm³/mol. The molecular weight excluding hydrogens is 242 g/mol. The molecule has 104 valence electrons. The smallest absolute Gasteiger partial charge is 0.129 e. The van der Waals surface area contributed by atoms with Crippen LogP contribution in [0.2, 0.25) is 0 Å². The summed E-state index contributed by atoms with van der Waals surface area (Å²) in [5.41, 5.74) is 0. The average Bonchev–Trinajstić information content (AvgIpc) is 3.11. The Bertz CT molecular complexity index is 422. The second-order valence-corrected chi connectivity index (χ2v) is 4.42. The van der Waals surface area contributed by atoms with Crippen molar-refractivity contribution >= 4 is 0 Å². The summed E-state index contributed by atoms with van der Waals surface area (Å²) in [5, 5.41) is 3.47. The first-order valence-electron chi connectivity index (χ1n) is 6.77. The second kappa shape index (κ2) is 7.81.